The van der Waals surface area contributed by atoms with Crippen LogP contribution in [0.5, 0.6) is 11.6 Å². The summed E-state index contributed by atoms with van der Waals surface area (Å²) < 4.78 is 14.9. The van der Waals surface area contributed by atoms with Gasteiger partial charge in [0.2, 0.25) is 0 Å². The van der Waals surface area contributed by atoms with E-state index in [2.05, 4.69) is 30.6 Å². The summed E-state index contributed by atoms with van der Waals surface area (Å²) in [5, 5.41) is 16.2. The molecule has 11 heteroatoms. The van der Waals surface area contributed by atoms with Crippen LogP contribution in [0.25, 0.3) is 33.5 Å². The molecule has 0 aliphatic heterocycles. The molecular formula is C22H21N9O2. The van der Waals surface area contributed by atoms with Crippen molar-refractivity contribution in [3.05, 3.63) is 54.7 Å². The third-order valence-corrected chi connectivity index (χ3v) is 5.20. The van der Waals surface area contributed by atoms with E-state index in [4.69, 9.17) is 14.5 Å². The molecular weight excluding hydrogens is 422 g/mol. The molecule has 0 bridgehead atoms. The van der Waals surface area contributed by atoms with Gasteiger partial charge in [0.1, 0.15) is 23.2 Å². The first-order valence-electron chi connectivity index (χ1n) is 10.2. The van der Waals surface area contributed by atoms with Crippen LogP contribution in [0.2, 0.25) is 0 Å². The minimum absolute atomic E-state index is 0.293. The van der Waals surface area contributed by atoms with Gasteiger partial charge in [-0.2, -0.15) is 5.10 Å². The molecule has 0 fully saturated rings. The summed E-state index contributed by atoms with van der Waals surface area (Å²) in [5.74, 6) is 1.30. The summed E-state index contributed by atoms with van der Waals surface area (Å²) in [6, 6.07) is 11.7. The fourth-order valence-electron chi connectivity index (χ4n) is 3.65. The highest BCUT2D eigenvalue weighted by molar-refractivity contribution is 5.94. The zero-order valence-corrected chi connectivity index (χ0v) is 18.5. The van der Waals surface area contributed by atoms with Crippen molar-refractivity contribution in [3.8, 4) is 34.1 Å². The number of rotatable bonds is 6. The van der Waals surface area contributed by atoms with E-state index in [1.165, 1.54) is 6.33 Å². The predicted molar refractivity (Wildman–Crippen MR) is 119 cm³/mol. The average molecular weight is 443 g/mol. The van der Waals surface area contributed by atoms with Crippen LogP contribution in [-0.4, -0.2) is 52.0 Å². The van der Waals surface area contributed by atoms with E-state index in [-0.39, 0.29) is 0 Å². The van der Waals surface area contributed by atoms with E-state index in [1.807, 2.05) is 50.5 Å². The lowest BCUT2D eigenvalue weighted by Gasteiger charge is -2.15. The minimum Gasteiger partial charge on any atom is -0.491 e. The van der Waals surface area contributed by atoms with Gasteiger partial charge in [0.05, 0.1) is 12.6 Å². The molecule has 0 saturated heterocycles. The first kappa shape index (κ1) is 20.5. The standard InChI is InChI=1S/C22H21N9O2/c1-13(21-26-28-29-31(21)3)33-22-17(32-4)10-16-20(25-22)19(24-12-23-16)15-11-30(2)27-18(15)14-8-6-5-7-9-14/h5-13H,1-4H3. The molecule has 1 atom stereocenters. The monoisotopic (exact) mass is 443 g/mol. The second-order valence-electron chi connectivity index (χ2n) is 7.44. The summed E-state index contributed by atoms with van der Waals surface area (Å²) in [6.45, 7) is 1.84. The summed E-state index contributed by atoms with van der Waals surface area (Å²) in [6.07, 6.45) is 2.97. The largest absolute Gasteiger partial charge is 0.491 e. The minimum atomic E-state index is -0.463. The van der Waals surface area contributed by atoms with Crippen LogP contribution >= 0.6 is 0 Å². The Morgan fingerprint density at radius 1 is 1.03 bits per heavy atom. The normalized spacial score (nSPS) is 12.1. The first-order chi connectivity index (χ1) is 16.0. The van der Waals surface area contributed by atoms with Crippen molar-refractivity contribution in [2.24, 2.45) is 14.1 Å². The maximum absolute atomic E-state index is 6.10. The van der Waals surface area contributed by atoms with Gasteiger partial charge in [0.15, 0.2) is 17.7 Å². The van der Waals surface area contributed by atoms with Gasteiger partial charge in [-0.3, -0.25) is 4.68 Å². The molecule has 0 saturated carbocycles. The molecule has 0 N–H and O–H groups in total. The van der Waals surface area contributed by atoms with Gasteiger partial charge in [0.25, 0.3) is 5.88 Å². The van der Waals surface area contributed by atoms with Gasteiger partial charge in [-0.15, -0.1) is 5.10 Å². The number of methoxy groups -OCH3 is 1. The van der Waals surface area contributed by atoms with E-state index >= 15 is 0 Å². The lowest BCUT2D eigenvalue weighted by molar-refractivity contribution is 0.193. The van der Waals surface area contributed by atoms with Crippen LogP contribution in [0.15, 0.2) is 48.9 Å². The highest BCUT2D eigenvalue weighted by atomic mass is 16.5. The predicted octanol–water partition coefficient (Wildman–Crippen LogP) is 2.76. The van der Waals surface area contributed by atoms with Crippen LogP contribution in [0.3, 0.4) is 0 Å². The molecule has 0 spiro atoms. The zero-order valence-electron chi connectivity index (χ0n) is 18.5. The number of nitrogens with zero attached hydrogens (tertiary/aromatic N) is 9. The number of ether oxygens (including phenoxy) is 2. The Hall–Kier alpha value is -4.41. The molecule has 0 aliphatic carbocycles. The summed E-state index contributed by atoms with van der Waals surface area (Å²) in [7, 11) is 5.18. The molecule has 1 aromatic carbocycles. The Kier molecular flexibility index (Phi) is 5.13. The second kappa shape index (κ2) is 8.26. The van der Waals surface area contributed by atoms with E-state index in [0.717, 1.165) is 16.8 Å². The van der Waals surface area contributed by atoms with Crippen molar-refractivity contribution in [1.82, 2.24) is 44.9 Å². The fraction of sp³-hybridized carbons (Fsp3) is 0.227. The molecule has 0 aliphatic rings. The molecule has 0 amide bonds. The maximum Gasteiger partial charge on any atom is 0.258 e. The summed E-state index contributed by atoms with van der Waals surface area (Å²) >= 11 is 0. The third-order valence-electron chi connectivity index (χ3n) is 5.20. The topological polar surface area (TPSA) is 119 Å². The molecule has 4 aromatic heterocycles. The first-order valence-corrected chi connectivity index (χ1v) is 10.2. The third kappa shape index (κ3) is 3.73. The van der Waals surface area contributed by atoms with Crippen molar-refractivity contribution < 1.29 is 9.47 Å². The number of benzene rings is 1. The number of aryl methyl sites for hydroxylation is 2. The quantitative estimate of drug-likeness (QED) is 0.390. The number of fused-ring (bicyclic) bond motifs is 1. The average Bonchev–Trinajstić information content (AvgIpc) is 3.44. The lowest BCUT2D eigenvalue weighted by atomic mass is 10.0. The lowest BCUT2D eigenvalue weighted by Crippen LogP contribution is -2.11. The number of hydrogen-bond donors (Lipinski definition) is 0. The van der Waals surface area contributed by atoms with E-state index < -0.39 is 6.10 Å². The molecule has 11 nitrogen and oxygen atoms in total. The smallest absolute Gasteiger partial charge is 0.258 e. The van der Waals surface area contributed by atoms with Crippen molar-refractivity contribution in [3.63, 3.8) is 0 Å². The van der Waals surface area contributed by atoms with Gasteiger partial charge < -0.3 is 9.47 Å². The molecule has 166 valence electrons. The molecule has 5 rings (SSSR count). The molecule has 0 radical (unpaired) electrons. The number of hydrogen-bond acceptors (Lipinski definition) is 9. The Bertz CT molecular complexity index is 1430. The summed E-state index contributed by atoms with van der Waals surface area (Å²) in [4.78, 5) is 13.7. The van der Waals surface area contributed by atoms with Crippen molar-refractivity contribution in [2.75, 3.05) is 7.11 Å². The fourth-order valence-corrected chi connectivity index (χ4v) is 3.65. The van der Waals surface area contributed by atoms with Gasteiger partial charge in [-0.25, -0.2) is 19.6 Å². The van der Waals surface area contributed by atoms with Crippen molar-refractivity contribution in [1.29, 1.82) is 0 Å². The number of aromatic nitrogens is 9. The van der Waals surface area contributed by atoms with Crippen LogP contribution in [-0.2, 0) is 14.1 Å². The van der Waals surface area contributed by atoms with Crippen LogP contribution in [0.1, 0.15) is 18.9 Å². The SMILES string of the molecule is COc1cc2ncnc(-c3cn(C)nc3-c3ccccc3)c2nc1OC(C)c1nnnn1C. The van der Waals surface area contributed by atoms with Gasteiger partial charge >= 0.3 is 0 Å². The Labute approximate surface area is 189 Å². The van der Waals surface area contributed by atoms with Crippen molar-refractivity contribution >= 4 is 11.0 Å². The van der Waals surface area contributed by atoms with Crippen molar-refractivity contribution in [2.45, 2.75) is 13.0 Å². The Balaban J connectivity index is 1.65. The van der Waals surface area contributed by atoms with Gasteiger partial charge in [0, 0.05) is 37.5 Å². The second-order valence-corrected chi connectivity index (χ2v) is 7.44. The van der Waals surface area contributed by atoms with E-state index in [0.29, 0.717) is 34.2 Å². The van der Waals surface area contributed by atoms with E-state index in [1.54, 1.807) is 29.6 Å². The van der Waals surface area contributed by atoms with Gasteiger partial charge in [-0.1, -0.05) is 30.3 Å². The molecule has 1 unspecified atom stereocenters. The Morgan fingerprint density at radius 2 is 1.85 bits per heavy atom. The number of tetrazole rings is 1. The highest BCUT2D eigenvalue weighted by Gasteiger charge is 2.22. The van der Waals surface area contributed by atoms with Crippen LogP contribution in [0.4, 0.5) is 0 Å². The molecule has 4 heterocycles. The van der Waals surface area contributed by atoms with Gasteiger partial charge in [-0.05, 0) is 17.4 Å². The van der Waals surface area contributed by atoms with Crippen LogP contribution < -0.4 is 9.47 Å². The highest BCUT2D eigenvalue weighted by Crippen LogP contribution is 2.37. The Morgan fingerprint density at radius 3 is 2.58 bits per heavy atom. The maximum atomic E-state index is 6.10. The molecule has 33 heavy (non-hydrogen) atoms. The molecule has 5 aromatic rings. The van der Waals surface area contributed by atoms with E-state index in [9.17, 15) is 0 Å². The summed E-state index contributed by atoms with van der Waals surface area (Å²) in [5.41, 5.74) is 4.46. The van der Waals surface area contributed by atoms with Crippen LogP contribution in [0, 0.1) is 0 Å². The zero-order chi connectivity index (χ0) is 22.9. The number of pyridine rings is 1.